The van der Waals surface area contributed by atoms with E-state index in [4.69, 9.17) is 5.73 Å². The SMILES string of the molecule is Nc1nccc(-n2ccc3ccc(C#CC4(O)CCCCC4)cc32)n1. The van der Waals surface area contributed by atoms with E-state index in [1.165, 1.54) is 6.42 Å². The van der Waals surface area contributed by atoms with Crippen LogP contribution in [0, 0.1) is 11.8 Å². The van der Waals surface area contributed by atoms with E-state index in [2.05, 4.69) is 21.8 Å². The first-order chi connectivity index (χ1) is 12.1. The number of nitrogens with two attached hydrogens (primary N) is 1. The smallest absolute Gasteiger partial charge is 0.221 e. The molecule has 0 atom stereocenters. The van der Waals surface area contributed by atoms with E-state index in [0.29, 0.717) is 0 Å². The molecule has 0 amide bonds. The third-order valence-electron chi connectivity index (χ3n) is 4.72. The second kappa shape index (κ2) is 6.23. The van der Waals surface area contributed by atoms with Crippen LogP contribution in [0.5, 0.6) is 0 Å². The highest BCUT2D eigenvalue weighted by Gasteiger charge is 2.26. The van der Waals surface area contributed by atoms with Crippen LogP contribution >= 0.6 is 0 Å². The largest absolute Gasteiger partial charge is 0.378 e. The van der Waals surface area contributed by atoms with Crippen molar-refractivity contribution in [2.75, 3.05) is 5.73 Å². The van der Waals surface area contributed by atoms with Gasteiger partial charge in [-0.25, -0.2) is 4.98 Å². The Labute approximate surface area is 146 Å². The third kappa shape index (κ3) is 3.21. The van der Waals surface area contributed by atoms with Crippen LogP contribution in [0.15, 0.2) is 42.7 Å². The predicted octanol–water partition coefficient (Wildman–Crippen LogP) is 3.05. The van der Waals surface area contributed by atoms with Gasteiger partial charge >= 0.3 is 0 Å². The number of fused-ring (bicyclic) bond motifs is 1. The van der Waals surface area contributed by atoms with Gasteiger partial charge in [0.15, 0.2) is 0 Å². The van der Waals surface area contributed by atoms with Gasteiger partial charge in [-0.2, -0.15) is 4.98 Å². The van der Waals surface area contributed by atoms with Crippen molar-refractivity contribution in [1.82, 2.24) is 14.5 Å². The number of hydrogen-bond donors (Lipinski definition) is 2. The van der Waals surface area contributed by atoms with E-state index in [9.17, 15) is 5.11 Å². The molecule has 1 aromatic carbocycles. The molecule has 0 radical (unpaired) electrons. The molecule has 0 saturated heterocycles. The Morgan fingerprint density at radius 3 is 2.76 bits per heavy atom. The summed E-state index contributed by atoms with van der Waals surface area (Å²) in [7, 11) is 0. The Morgan fingerprint density at radius 1 is 1.12 bits per heavy atom. The van der Waals surface area contributed by atoms with Crippen molar-refractivity contribution >= 4 is 16.9 Å². The number of aromatic nitrogens is 3. The number of nitrogen functional groups attached to an aromatic ring is 1. The molecule has 25 heavy (non-hydrogen) atoms. The van der Waals surface area contributed by atoms with E-state index in [-0.39, 0.29) is 5.95 Å². The minimum atomic E-state index is -0.837. The number of hydrogen-bond acceptors (Lipinski definition) is 4. The average Bonchev–Trinajstić information content (AvgIpc) is 3.04. The highest BCUT2D eigenvalue weighted by Crippen LogP contribution is 2.27. The van der Waals surface area contributed by atoms with E-state index >= 15 is 0 Å². The first-order valence-corrected chi connectivity index (χ1v) is 8.59. The number of aliphatic hydroxyl groups is 1. The second-order valence-electron chi connectivity index (χ2n) is 6.57. The normalized spacial score (nSPS) is 16.4. The van der Waals surface area contributed by atoms with Crippen LogP contribution < -0.4 is 5.73 Å². The molecule has 3 N–H and O–H groups in total. The summed E-state index contributed by atoms with van der Waals surface area (Å²) in [6.07, 6.45) is 8.40. The Balaban J connectivity index is 1.72. The topological polar surface area (TPSA) is 77.0 Å². The average molecular weight is 332 g/mol. The standard InChI is InChI=1S/C20H20N4O/c21-19-22-12-7-18(23-19)24-13-8-16-5-4-15(14-17(16)24)6-11-20(25)9-2-1-3-10-20/h4-5,7-8,12-14,25H,1-3,9-10H2,(H2,21,22,23). The van der Waals surface area contributed by atoms with Crippen molar-refractivity contribution < 1.29 is 5.11 Å². The van der Waals surface area contributed by atoms with Gasteiger partial charge in [0.25, 0.3) is 0 Å². The fourth-order valence-corrected chi connectivity index (χ4v) is 3.35. The maximum atomic E-state index is 10.6. The van der Waals surface area contributed by atoms with Gasteiger partial charge < -0.3 is 15.4 Å². The molecule has 1 aliphatic rings. The Hall–Kier alpha value is -2.84. The molecule has 0 bridgehead atoms. The van der Waals surface area contributed by atoms with Gasteiger partial charge in [0.05, 0.1) is 5.52 Å². The summed E-state index contributed by atoms with van der Waals surface area (Å²) >= 11 is 0. The highest BCUT2D eigenvalue weighted by molar-refractivity contribution is 5.83. The van der Waals surface area contributed by atoms with Gasteiger partial charge in [-0.15, -0.1) is 0 Å². The van der Waals surface area contributed by atoms with Gasteiger partial charge in [-0.05, 0) is 49.9 Å². The summed E-state index contributed by atoms with van der Waals surface area (Å²) in [5, 5.41) is 11.7. The van der Waals surface area contributed by atoms with Crippen LogP contribution in [0.2, 0.25) is 0 Å². The molecule has 3 aromatic rings. The summed E-state index contributed by atoms with van der Waals surface area (Å²) in [6, 6.07) is 9.89. The molecule has 5 heteroatoms. The summed E-state index contributed by atoms with van der Waals surface area (Å²) in [5.74, 6) is 7.21. The summed E-state index contributed by atoms with van der Waals surface area (Å²) in [6.45, 7) is 0. The molecule has 1 saturated carbocycles. The van der Waals surface area contributed by atoms with Crippen LogP contribution in [-0.4, -0.2) is 25.2 Å². The maximum absolute atomic E-state index is 10.6. The second-order valence-corrected chi connectivity index (χ2v) is 6.57. The lowest BCUT2D eigenvalue weighted by atomic mass is 9.85. The van der Waals surface area contributed by atoms with Crippen molar-refractivity contribution in [2.45, 2.75) is 37.7 Å². The quantitative estimate of drug-likeness (QED) is 0.672. The molecule has 0 spiro atoms. The minimum absolute atomic E-state index is 0.245. The van der Waals surface area contributed by atoms with Gasteiger partial charge in [-0.1, -0.05) is 24.3 Å². The first-order valence-electron chi connectivity index (χ1n) is 8.59. The molecule has 4 rings (SSSR count). The van der Waals surface area contributed by atoms with Crippen molar-refractivity contribution in [3.63, 3.8) is 0 Å². The summed E-state index contributed by atoms with van der Waals surface area (Å²) in [4.78, 5) is 8.22. The van der Waals surface area contributed by atoms with Crippen molar-refractivity contribution in [3.8, 4) is 17.7 Å². The summed E-state index contributed by atoms with van der Waals surface area (Å²) < 4.78 is 1.97. The van der Waals surface area contributed by atoms with Crippen molar-refractivity contribution in [2.24, 2.45) is 0 Å². The first kappa shape index (κ1) is 15.7. The van der Waals surface area contributed by atoms with Crippen LogP contribution in [0.25, 0.3) is 16.7 Å². The molecule has 2 heterocycles. The molecule has 0 aliphatic heterocycles. The number of benzene rings is 1. The summed E-state index contributed by atoms with van der Waals surface area (Å²) in [5.41, 5.74) is 6.74. The molecule has 126 valence electrons. The van der Waals surface area contributed by atoms with Crippen LogP contribution in [0.1, 0.15) is 37.7 Å². The molecular formula is C20H20N4O. The zero-order chi connectivity index (χ0) is 17.3. The van der Waals surface area contributed by atoms with E-state index in [0.717, 1.165) is 48.0 Å². The molecular weight excluding hydrogens is 312 g/mol. The lowest BCUT2D eigenvalue weighted by Crippen LogP contribution is -2.29. The minimum Gasteiger partial charge on any atom is -0.378 e. The number of rotatable bonds is 1. The fourth-order valence-electron chi connectivity index (χ4n) is 3.35. The molecule has 1 aliphatic carbocycles. The van der Waals surface area contributed by atoms with Crippen molar-refractivity contribution in [1.29, 1.82) is 0 Å². The van der Waals surface area contributed by atoms with E-state index < -0.39 is 5.60 Å². The Bertz CT molecular complexity index is 974. The maximum Gasteiger partial charge on any atom is 0.221 e. The van der Waals surface area contributed by atoms with Gasteiger partial charge in [0, 0.05) is 23.3 Å². The predicted molar refractivity (Wildman–Crippen MR) is 98.2 cm³/mol. The third-order valence-corrected chi connectivity index (χ3v) is 4.72. The molecule has 2 aromatic heterocycles. The van der Waals surface area contributed by atoms with Crippen LogP contribution in [0.4, 0.5) is 5.95 Å². The van der Waals surface area contributed by atoms with Gasteiger partial charge in [-0.3, -0.25) is 0 Å². The molecule has 0 unspecified atom stereocenters. The Kier molecular flexibility index (Phi) is 3.90. The van der Waals surface area contributed by atoms with Crippen molar-refractivity contribution in [3.05, 3.63) is 48.3 Å². The zero-order valence-corrected chi connectivity index (χ0v) is 13.9. The van der Waals surface area contributed by atoms with E-state index in [1.807, 2.05) is 41.1 Å². The Morgan fingerprint density at radius 2 is 1.96 bits per heavy atom. The number of nitrogens with zero attached hydrogens (tertiary/aromatic N) is 3. The van der Waals surface area contributed by atoms with Gasteiger partial charge in [0.1, 0.15) is 11.4 Å². The lowest BCUT2D eigenvalue weighted by molar-refractivity contribution is 0.0610. The fraction of sp³-hybridized carbons (Fsp3) is 0.300. The lowest BCUT2D eigenvalue weighted by Gasteiger charge is -2.26. The number of anilines is 1. The molecule has 5 nitrogen and oxygen atoms in total. The highest BCUT2D eigenvalue weighted by atomic mass is 16.3. The zero-order valence-electron chi connectivity index (χ0n) is 13.9. The van der Waals surface area contributed by atoms with E-state index in [1.54, 1.807) is 6.20 Å². The van der Waals surface area contributed by atoms with Gasteiger partial charge in [0.2, 0.25) is 5.95 Å². The monoisotopic (exact) mass is 332 g/mol. The van der Waals surface area contributed by atoms with Crippen LogP contribution in [-0.2, 0) is 0 Å². The molecule has 1 fully saturated rings. The van der Waals surface area contributed by atoms with Crippen LogP contribution in [0.3, 0.4) is 0 Å².